The first kappa shape index (κ1) is 13.4. The summed E-state index contributed by atoms with van der Waals surface area (Å²) in [5.74, 6) is 0.709. The Morgan fingerprint density at radius 1 is 1.65 bits per heavy atom. The number of fused-ring (bicyclic) bond motifs is 1. The highest BCUT2D eigenvalue weighted by Gasteiger charge is 2.52. The van der Waals surface area contributed by atoms with Gasteiger partial charge >= 0.3 is 0 Å². The van der Waals surface area contributed by atoms with Gasteiger partial charge in [0, 0.05) is 31.1 Å². The minimum Gasteiger partial charge on any atom is -0.350 e. The number of hydrogen-bond acceptors (Lipinski definition) is 4. The van der Waals surface area contributed by atoms with Gasteiger partial charge in [0.2, 0.25) is 11.8 Å². The quantitative estimate of drug-likeness (QED) is 0.907. The number of nitrogens with zero attached hydrogens (tertiary/aromatic N) is 2. The molecule has 2 aliphatic heterocycles. The van der Waals surface area contributed by atoms with Gasteiger partial charge < -0.3 is 10.2 Å². The third kappa shape index (κ3) is 2.28. The highest BCUT2D eigenvalue weighted by atomic mass is 32.2. The highest BCUT2D eigenvalue weighted by Crippen LogP contribution is 2.47. The zero-order valence-electron chi connectivity index (χ0n) is 11.3. The van der Waals surface area contributed by atoms with E-state index in [2.05, 4.69) is 17.2 Å². The van der Waals surface area contributed by atoms with E-state index in [9.17, 15) is 9.59 Å². The van der Waals surface area contributed by atoms with Crippen molar-refractivity contribution in [3.8, 4) is 0 Å². The number of amides is 2. The average molecular weight is 291 g/mol. The van der Waals surface area contributed by atoms with Crippen LogP contribution in [0.25, 0.3) is 0 Å². The lowest BCUT2D eigenvalue weighted by atomic mass is 10.2. The summed E-state index contributed by atoms with van der Waals surface area (Å²) in [5.41, 5.74) is 0.960. The second-order valence-electron chi connectivity index (χ2n) is 5.34. The van der Waals surface area contributed by atoms with Crippen molar-refractivity contribution >= 4 is 23.6 Å². The van der Waals surface area contributed by atoms with Crippen LogP contribution in [0.15, 0.2) is 24.5 Å². The van der Waals surface area contributed by atoms with Crippen molar-refractivity contribution in [2.75, 3.05) is 5.75 Å². The van der Waals surface area contributed by atoms with Crippen LogP contribution < -0.4 is 5.32 Å². The first-order chi connectivity index (χ1) is 9.60. The molecule has 2 atom stereocenters. The fourth-order valence-corrected chi connectivity index (χ4v) is 4.26. The lowest BCUT2D eigenvalue weighted by Gasteiger charge is -2.29. The Balaban J connectivity index is 1.65. The predicted octanol–water partition coefficient (Wildman–Crippen LogP) is 1.15. The van der Waals surface area contributed by atoms with E-state index in [0.29, 0.717) is 18.7 Å². The van der Waals surface area contributed by atoms with Crippen LogP contribution in [0.3, 0.4) is 0 Å². The fourth-order valence-electron chi connectivity index (χ4n) is 2.82. The Morgan fingerprint density at radius 2 is 2.50 bits per heavy atom. The van der Waals surface area contributed by atoms with Crippen LogP contribution in [0, 0.1) is 0 Å². The van der Waals surface area contributed by atoms with Gasteiger partial charge in [0.05, 0.1) is 4.87 Å². The molecule has 1 aromatic rings. The smallest absolute Gasteiger partial charge is 0.243 e. The first-order valence-electron chi connectivity index (χ1n) is 6.73. The van der Waals surface area contributed by atoms with E-state index in [1.165, 1.54) is 0 Å². The van der Waals surface area contributed by atoms with Crippen molar-refractivity contribution in [2.45, 2.75) is 37.2 Å². The van der Waals surface area contributed by atoms with Crippen LogP contribution in [0.5, 0.6) is 0 Å². The van der Waals surface area contributed by atoms with Gasteiger partial charge in [-0.1, -0.05) is 6.07 Å². The van der Waals surface area contributed by atoms with Crippen LogP contribution in [-0.4, -0.2) is 38.4 Å². The zero-order chi connectivity index (χ0) is 14.2. The predicted molar refractivity (Wildman–Crippen MR) is 76.8 cm³/mol. The van der Waals surface area contributed by atoms with Crippen molar-refractivity contribution < 1.29 is 9.59 Å². The lowest BCUT2D eigenvalue weighted by molar-refractivity contribution is -0.138. The number of aromatic nitrogens is 1. The molecular weight excluding hydrogens is 274 g/mol. The molecule has 0 radical (unpaired) electrons. The zero-order valence-corrected chi connectivity index (χ0v) is 12.2. The Hall–Kier alpha value is -1.56. The molecule has 0 bridgehead atoms. The topological polar surface area (TPSA) is 62.3 Å². The molecule has 3 heterocycles. The Morgan fingerprint density at radius 3 is 3.25 bits per heavy atom. The molecule has 0 saturated carbocycles. The van der Waals surface area contributed by atoms with Gasteiger partial charge in [-0.15, -0.1) is 11.8 Å². The summed E-state index contributed by atoms with van der Waals surface area (Å²) < 4.78 is 0. The van der Waals surface area contributed by atoms with Crippen LogP contribution in [0.4, 0.5) is 0 Å². The van der Waals surface area contributed by atoms with Crippen molar-refractivity contribution in [1.82, 2.24) is 15.2 Å². The largest absolute Gasteiger partial charge is 0.350 e. The normalized spacial score (nSPS) is 28.6. The maximum absolute atomic E-state index is 12.3. The second kappa shape index (κ2) is 5.09. The van der Waals surface area contributed by atoms with Crippen molar-refractivity contribution in [1.29, 1.82) is 0 Å². The summed E-state index contributed by atoms with van der Waals surface area (Å²) in [6, 6.07) is 3.42. The van der Waals surface area contributed by atoms with E-state index in [0.717, 1.165) is 12.0 Å². The number of thioether (sulfide) groups is 1. The third-order valence-corrected chi connectivity index (χ3v) is 5.44. The molecule has 3 rings (SSSR count). The number of pyridine rings is 1. The molecule has 1 N–H and O–H groups in total. The number of carbonyl (C=O) groups excluding carboxylic acids is 2. The van der Waals surface area contributed by atoms with Gasteiger partial charge in [-0.05, 0) is 25.0 Å². The van der Waals surface area contributed by atoms with E-state index in [1.807, 2.05) is 12.1 Å². The molecule has 2 amide bonds. The van der Waals surface area contributed by atoms with Gasteiger partial charge in [-0.2, -0.15) is 0 Å². The average Bonchev–Trinajstić information content (AvgIpc) is 2.95. The molecule has 0 aromatic carbocycles. The van der Waals surface area contributed by atoms with Crippen LogP contribution >= 0.6 is 11.8 Å². The maximum atomic E-state index is 12.3. The van der Waals surface area contributed by atoms with E-state index in [-0.39, 0.29) is 22.7 Å². The van der Waals surface area contributed by atoms with Crippen LogP contribution in [0.1, 0.15) is 25.3 Å². The summed E-state index contributed by atoms with van der Waals surface area (Å²) in [7, 11) is 0. The number of hydrogen-bond donors (Lipinski definition) is 1. The summed E-state index contributed by atoms with van der Waals surface area (Å²) in [5, 5.41) is 2.91. The second-order valence-corrected chi connectivity index (χ2v) is 6.85. The molecule has 6 heteroatoms. The molecule has 2 aliphatic rings. The summed E-state index contributed by atoms with van der Waals surface area (Å²) in [6.45, 7) is 2.50. The number of rotatable bonds is 3. The van der Waals surface area contributed by atoms with Crippen molar-refractivity contribution in [3.05, 3.63) is 30.1 Å². The van der Waals surface area contributed by atoms with Gasteiger partial charge in [-0.25, -0.2) is 0 Å². The fraction of sp³-hybridized carbons (Fsp3) is 0.500. The molecule has 2 fully saturated rings. The van der Waals surface area contributed by atoms with Gasteiger partial charge in [0.15, 0.2) is 0 Å². The van der Waals surface area contributed by atoms with Crippen molar-refractivity contribution in [2.24, 2.45) is 0 Å². The third-order valence-electron chi connectivity index (χ3n) is 3.94. The molecular formula is C14H17N3O2S. The van der Waals surface area contributed by atoms with E-state index in [4.69, 9.17) is 0 Å². The van der Waals surface area contributed by atoms with E-state index in [1.54, 1.807) is 29.1 Å². The van der Waals surface area contributed by atoms with Gasteiger partial charge in [-0.3, -0.25) is 14.6 Å². The minimum absolute atomic E-state index is 0.0691. The summed E-state index contributed by atoms with van der Waals surface area (Å²) in [4.78, 5) is 29.9. The summed E-state index contributed by atoms with van der Waals surface area (Å²) in [6.07, 6.45) is 4.82. The van der Waals surface area contributed by atoms with Crippen molar-refractivity contribution in [3.63, 3.8) is 0 Å². The lowest BCUT2D eigenvalue weighted by Crippen LogP contribution is -2.49. The first-order valence-corrected chi connectivity index (χ1v) is 7.71. The Labute approximate surface area is 122 Å². The molecule has 106 valence electrons. The van der Waals surface area contributed by atoms with Crippen LogP contribution in [0.2, 0.25) is 0 Å². The summed E-state index contributed by atoms with van der Waals surface area (Å²) >= 11 is 1.71. The van der Waals surface area contributed by atoms with Gasteiger partial charge in [0.25, 0.3) is 0 Å². The SMILES string of the molecule is C[C@]12CCC(=O)N1[C@@H](C(=O)NCc1cccnc1)CS2. The number of nitrogens with one attached hydrogen (secondary N) is 1. The van der Waals surface area contributed by atoms with E-state index >= 15 is 0 Å². The standard InChI is InChI=1S/C14H17N3O2S/c1-14-5-4-12(18)17(14)11(9-20-14)13(19)16-8-10-3-2-6-15-7-10/h2-3,6-7,11H,4-5,8-9H2,1H3,(H,16,19)/t11-,14+/m1/s1. The molecule has 0 spiro atoms. The molecule has 1 aromatic heterocycles. The van der Waals surface area contributed by atoms with Crippen LogP contribution in [-0.2, 0) is 16.1 Å². The minimum atomic E-state index is -0.336. The Kier molecular flexibility index (Phi) is 3.41. The maximum Gasteiger partial charge on any atom is 0.243 e. The number of carbonyl (C=O) groups is 2. The molecule has 2 saturated heterocycles. The van der Waals surface area contributed by atoms with E-state index < -0.39 is 0 Å². The highest BCUT2D eigenvalue weighted by molar-refractivity contribution is 8.01. The molecule has 5 nitrogen and oxygen atoms in total. The monoisotopic (exact) mass is 291 g/mol. The molecule has 0 unspecified atom stereocenters. The van der Waals surface area contributed by atoms with Gasteiger partial charge in [0.1, 0.15) is 6.04 Å². The Bertz CT molecular complexity index is 536. The molecule has 0 aliphatic carbocycles. The molecule has 20 heavy (non-hydrogen) atoms.